The lowest BCUT2D eigenvalue weighted by Gasteiger charge is -2.14. The van der Waals surface area contributed by atoms with Crippen LogP contribution >= 0.6 is 11.6 Å². The summed E-state index contributed by atoms with van der Waals surface area (Å²) in [5, 5.41) is 13.1. The first-order chi connectivity index (χ1) is 9.49. The van der Waals surface area contributed by atoms with E-state index in [1.54, 1.807) is 0 Å². The summed E-state index contributed by atoms with van der Waals surface area (Å²) in [6, 6.07) is 4.08. The molecular formula is C15H23ClFNO2. The third-order valence-corrected chi connectivity index (χ3v) is 3.17. The molecule has 114 valence electrons. The molecule has 1 rings (SSSR count). The van der Waals surface area contributed by atoms with Crippen molar-refractivity contribution in [3.8, 4) is 0 Å². The number of benzene rings is 1. The Morgan fingerprint density at radius 2 is 2.15 bits per heavy atom. The molecule has 3 nitrogen and oxygen atoms in total. The van der Waals surface area contributed by atoms with E-state index in [0.717, 1.165) is 12.8 Å². The van der Waals surface area contributed by atoms with Gasteiger partial charge in [0.1, 0.15) is 5.82 Å². The van der Waals surface area contributed by atoms with Gasteiger partial charge in [-0.3, -0.25) is 0 Å². The topological polar surface area (TPSA) is 41.5 Å². The second-order valence-electron chi connectivity index (χ2n) is 5.27. The fourth-order valence-electron chi connectivity index (χ4n) is 1.73. The lowest BCUT2D eigenvalue weighted by Crippen LogP contribution is -2.25. The maximum absolute atomic E-state index is 13.0. The minimum absolute atomic E-state index is 0.262. The molecule has 1 aromatic rings. The summed E-state index contributed by atoms with van der Waals surface area (Å²) in [6.45, 7) is 5.52. The zero-order valence-electron chi connectivity index (χ0n) is 12.0. The summed E-state index contributed by atoms with van der Waals surface area (Å²) in [5.41, 5.74) is 0.477. The number of hydrogen-bond acceptors (Lipinski definition) is 3. The van der Waals surface area contributed by atoms with Crippen molar-refractivity contribution in [1.82, 2.24) is 0 Å². The van der Waals surface area contributed by atoms with E-state index in [-0.39, 0.29) is 19.0 Å². The van der Waals surface area contributed by atoms with Crippen LogP contribution in [0.15, 0.2) is 18.2 Å². The van der Waals surface area contributed by atoms with Gasteiger partial charge < -0.3 is 15.2 Å². The molecule has 0 amide bonds. The summed E-state index contributed by atoms with van der Waals surface area (Å²) >= 11 is 5.91. The van der Waals surface area contributed by atoms with E-state index >= 15 is 0 Å². The molecule has 1 unspecified atom stereocenters. The van der Waals surface area contributed by atoms with Crippen molar-refractivity contribution in [1.29, 1.82) is 0 Å². The third kappa shape index (κ3) is 7.08. The van der Waals surface area contributed by atoms with E-state index in [4.69, 9.17) is 16.3 Å². The Morgan fingerprint density at radius 1 is 1.40 bits per heavy atom. The van der Waals surface area contributed by atoms with Crippen molar-refractivity contribution in [2.45, 2.75) is 32.8 Å². The molecule has 0 aliphatic heterocycles. The average Bonchev–Trinajstić information content (AvgIpc) is 2.39. The minimum Gasteiger partial charge on any atom is -0.389 e. The summed E-state index contributed by atoms with van der Waals surface area (Å²) in [7, 11) is 0. The monoisotopic (exact) mass is 303 g/mol. The number of rotatable bonds is 9. The Hall–Kier alpha value is -0.840. The maximum Gasteiger partial charge on any atom is 0.125 e. The van der Waals surface area contributed by atoms with Crippen LogP contribution in [0.3, 0.4) is 0 Å². The Kier molecular flexibility index (Phi) is 7.88. The van der Waals surface area contributed by atoms with Crippen LogP contribution < -0.4 is 5.32 Å². The van der Waals surface area contributed by atoms with Gasteiger partial charge in [-0.25, -0.2) is 4.39 Å². The fraction of sp³-hybridized carbons (Fsp3) is 0.600. The molecule has 0 saturated heterocycles. The number of halogens is 2. The number of nitrogens with one attached hydrogen (secondary N) is 1. The third-order valence-electron chi connectivity index (χ3n) is 2.84. The van der Waals surface area contributed by atoms with Gasteiger partial charge in [-0.1, -0.05) is 25.4 Å². The molecule has 0 aromatic heterocycles. The number of ether oxygens (including phenoxy) is 1. The molecule has 0 heterocycles. The van der Waals surface area contributed by atoms with Crippen LogP contribution in [0, 0.1) is 11.7 Å². The van der Waals surface area contributed by atoms with Crippen molar-refractivity contribution in [3.05, 3.63) is 29.0 Å². The Morgan fingerprint density at radius 3 is 2.85 bits per heavy atom. The van der Waals surface area contributed by atoms with Gasteiger partial charge in [-0.15, -0.1) is 0 Å². The van der Waals surface area contributed by atoms with Gasteiger partial charge in [0.15, 0.2) is 0 Å². The van der Waals surface area contributed by atoms with Crippen molar-refractivity contribution in [3.63, 3.8) is 0 Å². The number of aliphatic hydroxyl groups excluding tert-OH is 1. The molecule has 1 atom stereocenters. The van der Waals surface area contributed by atoms with E-state index < -0.39 is 6.10 Å². The molecule has 20 heavy (non-hydrogen) atoms. The molecule has 1 aromatic carbocycles. The van der Waals surface area contributed by atoms with Crippen LogP contribution in [0.1, 0.15) is 26.7 Å². The van der Waals surface area contributed by atoms with Crippen LogP contribution in [0.5, 0.6) is 0 Å². The van der Waals surface area contributed by atoms with E-state index in [1.807, 2.05) is 0 Å². The molecule has 0 saturated carbocycles. The minimum atomic E-state index is -0.645. The van der Waals surface area contributed by atoms with Gasteiger partial charge in [0, 0.05) is 13.2 Å². The first-order valence-electron chi connectivity index (χ1n) is 6.93. The molecule has 5 heteroatoms. The molecule has 2 N–H and O–H groups in total. The van der Waals surface area contributed by atoms with Crippen molar-refractivity contribution >= 4 is 17.3 Å². The average molecular weight is 304 g/mol. The molecule has 0 aliphatic rings. The summed E-state index contributed by atoms with van der Waals surface area (Å²) in [6.07, 6.45) is 1.47. The Bertz CT molecular complexity index is 401. The van der Waals surface area contributed by atoms with Crippen LogP contribution in [-0.2, 0) is 4.74 Å². The molecule has 0 radical (unpaired) electrons. The standard InChI is InChI=1S/C15H23ClFNO2/c1-11(2)4-3-7-20-10-13(19)9-18-15-8-12(17)5-6-14(15)16/h5-6,8,11,13,18-19H,3-4,7,9-10H2,1-2H3. The van der Waals surface area contributed by atoms with Crippen molar-refractivity contribution < 1.29 is 14.2 Å². The second-order valence-corrected chi connectivity index (χ2v) is 5.68. The highest BCUT2D eigenvalue weighted by Gasteiger charge is 2.07. The van der Waals surface area contributed by atoms with E-state index in [0.29, 0.717) is 23.2 Å². The Labute approximate surface area is 125 Å². The van der Waals surface area contributed by atoms with Gasteiger partial charge in [-0.05, 0) is 37.0 Å². The highest BCUT2D eigenvalue weighted by Crippen LogP contribution is 2.22. The van der Waals surface area contributed by atoms with E-state index in [9.17, 15) is 9.50 Å². The summed E-state index contributed by atoms with van der Waals surface area (Å²) in [5.74, 6) is 0.302. The quantitative estimate of drug-likeness (QED) is 0.683. The summed E-state index contributed by atoms with van der Waals surface area (Å²) in [4.78, 5) is 0. The number of hydrogen-bond donors (Lipinski definition) is 2. The van der Waals surface area contributed by atoms with Gasteiger partial charge in [0.2, 0.25) is 0 Å². The first kappa shape index (κ1) is 17.2. The molecule has 0 spiro atoms. The second kappa shape index (κ2) is 9.16. The predicted octanol–water partition coefficient (Wildman–Crippen LogP) is 3.70. The smallest absolute Gasteiger partial charge is 0.125 e. The zero-order chi connectivity index (χ0) is 15.0. The normalized spacial score (nSPS) is 12.7. The fourth-order valence-corrected chi connectivity index (χ4v) is 1.92. The molecule has 0 fully saturated rings. The van der Waals surface area contributed by atoms with Gasteiger partial charge in [0.05, 0.1) is 23.4 Å². The predicted molar refractivity (Wildman–Crippen MR) is 80.8 cm³/mol. The van der Waals surface area contributed by atoms with Crippen LogP contribution in [0.2, 0.25) is 5.02 Å². The largest absolute Gasteiger partial charge is 0.389 e. The SMILES string of the molecule is CC(C)CCCOCC(O)CNc1cc(F)ccc1Cl. The summed E-state index contributed by atoms with van der Waals surface area (Å²) < 4.78 is 18.4. The number of anilines is 1. The maximum atomic E-state index is 13.0. The lowest BCUT2D eigenvalue weighted by atomic mass is 10.1. The van der Waals surface area contributed by atoms with Gasteiger partial charge in [0.25, 0.3) is 0 Å². The van der Waals surface area contributed by atoms with Crippen LogP contribution in [-0.4, -0.2) is 31.0 Å². The number of aliphatic hydroxyl groups is 1. The van der Waals surface area contributed by atoms with Crippen molar-refractivity contribution in [2.75, 3.05) is 25.1 Å². The molecular weight excluding hydrogens is 281 g/mol. The lowest BCUT2D eigenvalue weighted by molar-refractivity contribution is 0.0409. The van der Waals surface area contributed by atoms with Crippen LogP contribution in [0.4, 0.5) is 10.1 Å². The first-order valence-corrected chi connectivity index (χ1v) is 7.31. The van der Waals surface area contributed by atoms with E-state index in [2.05, 4.69) is 19.2 Å². The Balaban J connectivity index is 2.19. The van der Waals surface area contributed by atoms with Gasteiger partial charge in [-0.2, -0.15) is 0 Å². The van der Waals surface area contributed by atoms with Crippen molar-refractivity contribution in [2.24, 2.45) is 5.92 Å². The highest BCUT2D eigenvalue weighted by molar-refractivity contribution is 6.33. The zero-order valence-corrected chi connectivity index (χ0v) is 12.8. The van der Waals surface area contributed by atoms with Crippen LogP contribution in [0.25, 0.3) is 0 Å². The molecule has 0 bridgehead atoms. The van der Waals surface area contributed by atoms with E-state index in [1.165, 1.54) is 18.2 Å². The highest BCUT2D eigenvalue weighted by atomic mass is 35.5. The van der Waals surface area contributed by atoms with Gasteiger partial charge >= 0.3 is 0 Å². The molecule has 0 aliphatic carbocycles.